The number of rotatable bonds is 6. The number of phenolic OH excluding ortho intramolecular Hbond substituents is 1. The van der Waals surface area contributed by atoms with Crippen molar-refractivity contribution in [2.24, 2.45) is 0 Å². The number of hydrogen-bond donors (Lipinski definition) is 1. The van der Waals surface area contributed by atoms with Gasteiger partial charge in [-0.3, -0.25) is 9.29 Å². The summed E-state index contributed by atoms with van der Waals surface area (Å²) in [6, 6.07) is 9.57. The van der Waals surface area contributed by atoms with E-state index in [0.717, 1.165) is 72.1 Å². The molecule has 0 saturated carbocycles. The predicted molar refractivity (Wildman–Crippen MR) is 116 cm³/mol. The summed E-state index contributed by atoms with van der Waals surface area (Å²) < 4.78 is 19.6. The second kappa shape index (κ2) is 9.26. The van der Waals surface area contributed by atoms with Crippen LogP contribution in [-0.4, -0.2) is 47.4 Å². The van der Waals surface area contributed by atoms with E-state index < -0.39 is 0 Å². The number of nitrogens with zero attached hydrogens (tertiary/aromatic N) is 2. The van der Waals surface area contributed by atoms with Gasteiger partial charge < -0.3 is 9.84 Å². The molecule has 2 heterocycles. The molecule has 1 unspecified atom stereocenters. The highest BCUT2D eigenvalue weighted by atomic mass is 79.9. The first kappa shape index (κ1) is 20.4. The van der Waals surface area contributed by atoms with Gasteiger partial charge in [0.05, 0.1) is 6.67 Å². The van der Waals surface area contributed by atoms with Gasteiger partial charge in [-0.05, 0) is 61.4 Å². The van der Waals surface area contributed by atoms with Crippen LogP contribution in [0.4, 0.5) is 4.39 Å². The smallest absolute Gasteiger partial charge is 0.213 e. The zero-order valence-corrected chi connectivity index (χ0v) is 18.0. The number of aromatic hydroxyl groups is 1. The third kappa shape index (κ3) is 4.81. The van der Waals surface area contributed by atoms with Crippen LogP contribution in [0.25, 0.3) is 5.57 Å². The number of benzene rings is 1. The average Bonchev–Trinajstić information content (AvgIpc) is 3.09. The minimum atomic E-state index is -0.265. The molecule has 1 aromatic heterocycles. The Morgan fingerprint density at radius 3 is 2.93 bits per heavy atom. The van der Waals surface area contributed by atoms with Gasteiger partial charge in [-0.1, -0.05) is 22.0 Å². The molecule has 154 valence electrons. The number of allylic oxidation sites excluding steroid dienone is 1. The summed E-state index contributed by atoms with van der Waals surface area (Å²) in [6.07, 6.45) is 6.45. The number of phenols is 1. The minimum Gasteiger partial charge on any atom is -0.508 e. The highest BCUT2D eigenvalue weighted by molar-refractivity contribution is 9.11. The quantitative estimate of drug-likeness (QED) is 0.651. The summed E-state index contributed by atoms with van der Waals surface area (Å²) in [5, 5.41) is 9.86. The van der Waals surface area contributed by atoms with Crippen LogP contribution in [0.5, 0.6) is 11.6 Å². The molecule has 1 aliphatic heterocycles. The lowest BCUT2D eigenvalue weighted by Gasteiger charge is -2.16. The third-order valence-corrected chi connectivity index (χ3v) is 6.41. The number of aryl methyl sites for hydroxylation is 1. The van der Waals surface area contributed by atoms with Crippen LogP contribution < -0.4 is 4.74 Å². The van der Waals surface area contributed by atoms with Crippen molar-refractivity contribution in [3.8, 4) is 11.6 Å². The van der Waals surface area contributed by atoms with Crippen LogP contribution in [0.15, 0.2) is 41.0 Å². The molecule has 0 spiro atoms. The molecule has 29 heavy (non-hydrogen) atoms. The van der Waals surface area contributed by atoms with Crippen LogP contribution in [-0.2, 0) is 6.42 Å². The monoisotopic (exact) mass is 460 g/mol. The van der Waals surface area contributed by atoms with Gasteiger partial charge in [0.25, 0.3) is 0 Å². The van der Waals surface area contributed by atoms with Gasteiger partial charge in [-0.25, -0.2) is 4.98 Å². The van der Waals surface area contributed by atoms with Gasteiger partial charge in [0.2, 0.25) is 5.88 Å². The van der Waals surface area contributed by atoms with E-state index in [0.29, 0.717) is 18.1 Å². The molecule has 0 bridgehead atoms. The predicted octanol–water partition coefficient (Wildman–Crippen LogP) is 5.09. The maximum absolute atomic E-state index is 12.4. The van der Waals surface area contributed by atoms with Crippen molar-refractivity contribution >= 4 is 21.5 Å². The molecule has 4 rings (SSSR count). The summed E-state index contributed by atoms with van der Waals surface area (Å²) in [5.41, 5.74) is 4.47. The molecule has 1 N–H and O–H groups in total. The Morgan fingerprint density at radius 2 is 2.14 bits per heavy atom. The molecule has 1 aromatic carbocycles. The fraction of sp³-hybridized carbons (Fsp3) is 0.435. The molecular formula is C23H26BrFN2O2. The fourth-order valence-corrected chi connectivity index (χ4v) is 4.92. The van der Waals surface area contributed by atoms with Gasteiger partial charge in [0.1, 0.15) is 11.9 Å². The Morgan fingerprint density at radius 1 is 1.24 bits per heavy atom. The number of aromatic nitrogens is 1. The molecule has 1 fully saturated rings. The van der Waals surface area contributed by atoms with Crippen molar-refractivity contribution in [2.45, 2.75) is 38.2 Å². The normalized spacial score (nSPS) is 19.9. The van der Waals surface area contributed by atoms with Crippen LogP contribution in [0.2, 0.25) is 0 Å². The van der Waals surface area contributed by atoms with E-state index >= 15 is 0 Å². The number of hydrogen-bond acceptors (Lipinski definition) is 4. The van der Waals surface area contributed by atoms with Gasteiger partial charge in [-0.15, -0.1) is 0 Å². The Hall–Kier alpha value is -1.92. The summed E-state index contributed by atoms with van der Waals surface area (Å²) >= 11 is 3.77. The van der Waals surface area contributed by atoms with Crippen LogP contribution in [0, 0.1) is 0 Å². The highest BCUT2D eigenvalue weighted by Gasteiger charge is 2.24. The maximum atomic E-state index is 12.4. The second-order valence-electron chi connectivity index (χ2n) is 7.73. The molecule has 6 heteroatoms. The van der Waals surface area contributed by atoms with Crippen LogP contribution in [0.3, 0.4) is 0 Å². The van der Waals surface area contributed by atoms with Gasteiger partial charge in [0, 0.05) is 47.5 Å². The summed E-state index contributed by atoms with van der Waals surface area (Å²) in [5.74, 6) is 0.933. The molecular weight excluding hydrogens is 435 g/mol. The number of alkyl halides is 1. The molecule has 0 amide bonds. The van der Waals surface area contributed by atoms with E-state index in [9.17, 15) is 9.50 Å². The topological polar surface area (TPSA) is 45.6 Å². The number of halogens is 2. The zero-order chi connectivity index (χ0) is 20.2. The zero-order valence-electron chi connectivity index (χ0n) is 16.4. The number of likely N-dealkylation sites (tertiary alicyclic amines) is 1. The van der Waals surface area contributed by atoms with E-state index in [1.54, 1.807) is 6.07 Å². The molecule has 1 saturated heterocycles. The first-order valence-electron chi connectivity index (χ1n) is 10.3. The van der Waals surface area contributed by atoms with Crippen LogP contribution >= 0.6 is 15.9 Å². The lowest BCUT2D eigenvalue weighted by atomic mass is 9.94. The third-order valence-electron chi connectivity index (χ3n) is 5.62. The van der Waals surface area contributed by atoms with E-state index in [4.69, 9.17) is 4.74 Å². The van der Waals surface area contributed by atoms with E-state index in [1.807, 2.05) is 24.4 Å². The molecule has 4 nitrogen and oxygen atoms in total. The number of ether oxygens (including phenoxy) is 1. The average molecular weight is 461 g/mol. The van der Waals surface area contributed by atoms with Gasteiger partial charge >= 0.3 is 0 Å². The van der Waals surface area contributed by atoms with Crippen molar-refractivity contribution in [3.63, 3.8) is 0 Å². The van der Waals surface area contributed by atoms with Crippen molar-refractivity contribution in [2.75, 3.05) is 26.3 Å². The number of fused-ring (bicyclic) bond motifs is 1. The van der Waals surface area contributed by atoms with Crippen molar-refractivity contribution in [1.29, 1.82) is 0 Å². The standard InChI is InChI=1S/C23H26BrFN2O2/c24-21-4-1-3-16-13-18(28)6-7-20(16)23(21)17-5-8-22(26-14-17)29-19-9-12-27(15-19)11-2-10-25/h5-8,13-14,19,28H,1-4,9-12,15H2. The summed E-state index contributed by atoms with van der Waals surface area (Å²) in [7, 11) is 0. The highest BCUT2D eigenvalue weighted by Crippen LogP contribution is 2.38. The Balaban J connectivity index is 1.50. The van der Waals surface area contributed by atoms with E-state index in [2.05, 4.69) is 31.9 Å². The van der Waals surface area contributed by atoms with Gasteiger partial charge in [-0.2, -0.15) is 0 Å². The van der Waals surface area contributed by atoms with Crippen LogP contribution in [0.1, 0.15) is 42.4 Å². The van der Waals surface area contributed by atoms with Crippen molar-refractivity contribution < 1.29 is 14.2 Å². The molecule has 1 atom stereocenters. The Kier molecular flexibility index (Phi) is 6.50. The minimum absolute atomic E-state index is 0.112. The van der Waals surface area contributed by atoms with E-state index in [1.165, 1.54) is 0 Å². The number of pyridine rings is 1. The van der Waals surface area contributed by atoms with Gasteiger partial charge in [0.15, 0.2) is 0 Å². The lowest BCUT2D eigenvalue weighted by Crippen LogP contribution is -2.26. The lowest BCUT2D eigenvalue weighted by molar-refractivity contribution is 0.191. The first-order valence-corrected chi connectivity index (χ1v) is 11.1. The maximum Gasteiger partial charge on any atom is 0.213 e. The summed E-state index contributed by atoms with van der Waals surface area (Å²) in [6.45, 7) is 2.31. The Bertz CT molecular complexity index is 885. The van der Waals surface area contributed by atoms with Crippen molar-refractivity contribution in [1.82, 2.24) is 9.88 Å². The largest absolute Gasteiger partial charge is 0.508 e. The molecule has 2 aromatic rings. The van der Waals surface area contributed by atoms with Crippen molar-refractivity contribution in [3.05, 3.63) is 57.7 Å². The molecule has 2 aliphatic rings. The molecule has 1 aliphatic carbocycles. The Labute approximate surface area is 179 Å². The first-order chi connectivity index (χ1) is 14.1. The summed E-state index contributed by atoms with van der Waals surface area (Å²) in [4.78, 5) is 6.80. The fourth-order valence-electron chi connectivity index (χ4n) is 4.20. The van der Waals surface area contributed by atoms with E-state index in [-0.39, 0.29) is 12.8 Å². The SMILES string of the molecule is Oc1ccc2c(c1)CCCC(Br)=C2c1ccc(OC2CCN(CCCF)C2)nc1. The second-order valence-corrected chi connectivity index (χ2v) is 8.69. The molecule has 0 radical (unpaired) electrons.